The molecule has 0 fully saturated rings. The molecule has 1 N–H and O–H groups in total. The third-order valence-electron chi connectivity index (χ3n) is 13.5. The van der Waals surface area contributed by atoms with E-state index in [1.165, 1.54) is 33.4 Å². The lowest BCUT2D eigenvalue weighted by Crippen LogP contribution is -2.31. The number of nitrogens with zero attached hydrogens (tertiary/aromatic N) is 2. The molecule has 4 heteroatoms. The van der Waals surface area contributed by atoms with E-state index in [0.717, 1.165) is 94.2 Å². The van der Waals surface area contributed by atoms with Crippen molar-refractivity contribution in [2.75, 3.05) is 0 Å². The minimum Gasteiger partial charge on any atom is -0.456 e. The molecule has 324 valence electrons. The van der Waals surface area contributed by atoms with Crippen LogP contribution < -0.4 is 5.32 Å². The second-order valence-corrected chi connectivity index (χ2v) is 17.7. The van der Waals surface area contributed by atoms with Gasteiger partial charge in [0.1, 0.15) is 17.0 Å². The van der Waals surface area contributed by atoms with Crippen LogP contribution in [0.2, 0.25) is 0 Å². The molecule has 0 saturated heterocycles. The number of nitrogens with one attached hydrogen (secondary N) is 1. The van der Waals surface area contributed by atoms with Gasteiger partial charge in [0.15, 0.2) is 0 Å². The first kappa shape index (κ1) is 40.2. The summed E-state index contributed by atoms with van der Waals surface area (Å²) in [6, 6.07) is 85.8. The highest BCUT2D eigenvalue weighted by Gasteiger charge is 2.24. The highest BCUT2D eigenvalue weighted by Crippen LogP contribution is 2.47. The topological polar surface area (TPSA) is 50.4 Å². The molecule has 0 saturated carbocycles. The molecular formula is C65H43N3O. The molecule has 12 aromatic rings. The number of para-hydroxylation sites is 2. The Kier molecular flexibility index (Phi) is 9.87. The fourth-order valence-electron chi connectivity index (χ4n) is 10.1. The molecule has 69 heavy (non-hydrogen) atoms. The van der Waals surface area contributed by atoms with E-state index in [1.807, 2.05) is 12.1 Å². The zero-order valence-electron chi connectivity index (χ0n) is 37.6. The number of furan rings is 1. The summed E-state index contributed by atoms with van der Waals surface area (Å²) >= 11 is 0. The van der Waals surface area contributed by atoms with Crippen LogP contribution in [0.25, 0.3) is 105 Å². The molecule has 1 unspecified atom stereocenters. The van der Waals surface area contributed by atoms with E-state index in [-0.39, 0.29) is 6.04 Å². The van der Waals surface area contributed by atoms with Gasteiger partial charge in [-0.05, 0) is 92.5 Å². The van der Waals surface area contributed by atoms with E-state index in [0.29, 0.717) is 0 Å². The third-order valence-corrected chi connectivity index (χ3v) is 13.5. The minimum absolute atomic E-state index is 0.156. The molecule has 0 aliphatic carbocycles. The fraction of sp³-hybridized carbons (Fsp3) is 0.0154. The largest absolute Gasteiger partial charge is 0.456 e. The third kappa shape index (κ3) is 7.36. The molecule has 0 radical (unpaired) electrons. The maximum atomic E-state index is 6.72. The van der Waals surface area contributed by atoms with Gasteiger partial charge >= 0.3 is 0 Å². The second-order valence-electron chi connectivity index (χ2n) is 17.7. The summed E-state index contributed by atoms with van der Waals surface area (Å²) < 4.78 is 6.72. The summed E-state index contributed by atoms with van der Waals surface area (Å²) in [7, 11) is 0. The predicted molar refractivity (Wildman–Crippen MR) is 287 cm³/mol. The Balaban J connectivity index is 0.967. The van der Waals surface area contributed by atoms with Crippen molar-refractivity contribution < 1.29 is 4.42 Å². The molecule has 3 heterocycles. The zero-order valence-corrected chi connectivity index (χ0v) is 37.6. The first-order valence-electron chi connectivity index (χ1n) is 23.5. The molecule has 0 amide bonds. The lowest BCUT2D eigenvalue weighted by Gasteiger charge is -2.25. The van der Waals surface area contributed by atoms with Crippen LogP contribution in [0.4, 0.5) is 0 Å². The van der Waals surface area contributed by atoms with E-state index in [9.17, 15) is 0 Å². The quantitative estimate of drug-likeness (QED) is 0.155. The summed E-state index contributed by atoms with van der Waals surface area (Å²) in [6.07, 6.45) is 2.26. The smallest absolute Gasteiger partial charge is 0.136 e. The molecule has 1 atom stereocenters. The molecule has 0 bridgehead atoms. The number of benzene rings is 10. The van der Waals surface area contributed by atoms with Crippen molar-refractivity contribution >= 4 is 55.1 Å². The Morgan fingerprint density at radius 1 is 0.362 bits per heavy atom. The number of fused-ring (bicyclic) bond motifs is 6. The number of hydrogen-bond acceptors (Lipinski definition) is 4. The molecular weight excluding hydrogens is 839 g/mol. The Labute approximate surface area is 400 Å². The number of hydrogen-bond donors (Lipinski definition) is 1. The highest BCUT2D eigenvalue weighted by molar-refractivity contribution is 6.27. The van der Waals surface area contributed by atoms with Crippen molar-refractivity contribution in [3.8, 4) is 55.8 Å². The van der Waals surface area contributed by atoms with Crippen molar-refractivity contribution in [2.45, 2.75) is 6.04 Å². The van der Waals surface area contributed by atoms with Gasteiger partial charge in [-0.1, -0.05) is 206 Å². The number of aliphatic imine (C=N–C) groups is 1. The molecule has 1 aliphatic rings. The maximum absolute atomic E-state index is 6.72. The van der Waals surface area contributed by atoms with Crippen LogP contribution in [0.1, 0.15) is 22.7 Å². The van der Waals surface area contributed by atoms with E-state index >= 15 is 0 Å². The predicted octanol–water partition coefficient (Wildman–Crippen LogP) is 16.8. The van der Waals surface area contributed by atoms with Gasteiger partial charge in [-0.3, -0.25) is 0 Å². The molecule has 10 aromatic carbocycles. The Bertz CT molecular complexity index is 3880. The van der Waals surface area contributed by atoms with Gasteiger partial charge in [0.2, 0.25) is 0 Å². The summed E-state index contributed by atoms with van der Waals surface area (Å²) in [6.45, 7) is 0. The Morgan fingerprint density at radius 2 is 0.870 bits per heavy atom. The molecule has 2 aromatic heterocycles. The van der Waals surface area contributed by atoms with Gasteiger partial charge in [-0.15, -0.1) is 0 Å². The SMILES string of the molecule is C1=C(c2ccc(-c3nc4ccccc4c4c(-c5ccc(-c6ccccc6)cc5)c5c(cc34)oc3ccccc35)cc2)N=C(c2ccccc2)NC1c1cc(-c2ccccc2)cc(-c2ccccc2)c1. The van der Waals surface area contributed by atoms with Gasteiger partial charge in [0.25, 0.3) is 0 Å². The van der Waals surface area contributed by atoms with Gasteiger partial charge in [0, 0.05) is 43.6 Å². The molecule has 4 nitrogen and oxygen atoms in total. The summed E-state index contributed by atoms with van der Waals surface area (Å²) in [4.78, 5) is 10.8. The van der Waals surface area contributed by atoms with Crippen LogP contribution in [0.15, 0.2) is 258 Å². The van der Waals surface area contributed by atoms with Gasteiger partial charge < -0.3 is 9.73 Å². The Hall–Kier alpha value is -9.12. The fourth-order valence-corrected chi connectivity index (χ4v) is 10.1. The van der Waals surface area contributed by atoms with Crippen LogP contribution in [0, 0.1) is 0 Å². The summed E-state index contributed by atoms with van der Waals surface area (Å²) in [5, 5.41) is 9.31. The van der Waals surface area contributed by atoms with Crippen molar-refractivity contribution in [1.82, 2.24) is 10.3 Å². The van der Waals surface area contributed by atoms with Crippen molar-refractivity contribution in [1.29, 1.82) is 0 Å². The standard InChI is InChI=1S/C65H43N3O/c1-5-17-42(18-6-1)45-29-33-47(34-30-45)61-62-53-25-13-15-27-56(53)66-64(55(62)40-60-63(61)54-26-14-16-28-59(54)69-60)48-35-31-46(32-36-48)57-41-58(68-65(67-57)49-23-11-4-12-24-49)52-38-50(43-19-7-2-8-20-43)37-51(39-52)44-21-9-3-10-22-44/h1-41,58H,(H,67,68). The normalized spacial score (nSPS) is 13.7. The Morgan fingerprint density at radius 3 is 1.52 bits per heavy atom. The average molecular weight is 882 g/mol. The number of rotatable bonds is 8. The van der Waals surface area contributed by atoms with Crippen molar-refractivity contribution in [3.05, 3.63) is 265 Å². The minimum atomic E-state index is -0.156. The van der Waals surface area contributed by atoms with Crippen LogP contribution in [0.3, 0.4) is 0 Å². The van der Waals surface area contributed by atoms with Crippen LogP contribution in [0.5, 0.6) is 0 Å². The summed E-state index contributed by atoms with van der Waals surface area (Å²) in [5.41, 5.74) is 18.0. The monoisotopic (exact) mass is 881 g/mol. The molecule has 13 rings (SSSR count). The first-order valence-corrected chi connectivity index (χ1v) is 23.5. The first-order chi connectivity index (χ1) is 34.2. The van der Waals surface area contributed by atoms with Gasteiger partial charge in [-0.2, -0.15) is 0 Å². The van der Waals surface area contributed by atoms with Crippen molar-refractivity contribution in [2.24, 2.45) is 4.99 Å². The van der Waals surface area contributed by atoms with Gasteiger partial charge in [-0.25, -0.2) is 9.98 Å². The van der Waals surface area contributed by atoms with E-state index in [4.69, 9.17) is 14.4 Å². The van der Waals surface area contributed by atoms with Crippen LogP contribution in [-0.4, -0.2) is 10.8 Å². The zero-order chi connectivity index (χ0) is 45.7. The van der Waals surface area contributed by atoms with Crippen LogP contribution >= 0.6 is 0 Å². The number of pyridine rings is 1. The maximum Gasteiger partial charge on any atom is 0.136 e. The van der Waals surface area contributed by atoms with E-state index < -0.39 is 0 Å². The lowest BCUT2D eigenvalue weighted by atomic mass is 9.89. The lowest BCUT2D eigenvalue weighted by molar-refractivity contribution is 0.669. The van der Waals surface area contributed by atoms with Gasteiger partial charge in [0.05, 0.1) is 22.9 Å². The number of amidine groups is 1. The van der Waals surface area contributed by atoms with E-state index in [2.05, 4.69) is 242 Å². The second kappa shape index (κ2) is 16.9. The van der Waals surface area contributed by atoms with E-state index in [1.54, 1.807) is 0 Å². The number of aromatic nitrogens is 1. The molecule has 1 aliphatic heterocycles. The van der Waals surface area contributed by atoms with Crippen LogP contribution in [-0.2, 0) is 0 Å². The highest BCUT2D eigenvalue weighted by atomic mass is 16.3. The van der Waals surface area contributed by atoms with Crippen molar-refractivity contribution in [3.63, 3.8) is 0 Å². The average Bonchev–Trinajstić information content (AvgIpc) is 3.81. The summed E-state index contributed by atoms with van der Waals surface area (Å²) in [5.74, 6) is 0.829. The molecule has 0 spiro atoms.